The van der Waals surface area contributed by atoms with Gasteiger partial charge in [-0.1, -0.05) is 164 Å². The van der Waals surface area contributed by atoms with Gasteiger partial charge in [-0.05, 0) is 128 Å². The van der Waals surface area contributed by atoms with Crippen molar-refractivity contribution in [1.82, 2.24) is 0 Å². The molecule has 0 aliphatic carbocycles. The first kappa shape index (κ1) is 36.5. The van der Waals surface area contributed by atoms with Crippen LogP contribution in [0.25, 0.3) is 77.9 Å². The summed E-state index contributed by atoms with van der Waals surface area (Å²) in [5, 5.41) is 0. The van der Waals surface area contributed by atoms with Crippen LogP contribution in [-0.4, -0.2) is 0 Å². The van der Waals surface area contributed by atoms with E-state index in [2.05, 4.69) is 205 Å². The van der Waals surface area contributed by atoms with Crippen molar-refractivity contribution in [3.8, 4) is 101 Å². The van der Waals surface area contributed by atoms with E-state index in [1.165, 1.54) is 22.3 Å². The van der Waals surface area contributed by atoms with Crippen LogP contribution >= 0.6 is 0 Å². The Morgan fingerprint density at radius 2 is 0.492 bits per heavy atom. The van der Waals surface area contributed by atoms with E-state index < -0.39 is 0 Å². The Morgan fingerprint density at radius 3 is 0.873 bits per heavy atom. The lowest BCUT2D eigenvalue weighted by atomic mass is 9.91. The summed E-state index contributed by atoms with van der Waals surface area (Å²) in [7, 11) is 0. The summed E-state index contributed by atoms with van der Waals surface area (Å²) in [4.78, 5) is 2.34. The highest BCUT2D eigenvalue weighted by Crippen LogP contribution is 2.49. The van der Waals surface area contributed by atoms with E-state index in [0.717, 1.165) is 95.7 Å². The van der Waals surface area contributed by atoms with E-state index in [1.54, 1.807) is 0 Å². The topological polar surface area (TPSA) is 21.7 Å². The number of hydrogen-bond donors (Lipinski definition) is 0. The first-order valence-electron chi connectivity index (χ1n) is 21.4. The van der Waals surface area contributed by atoms with Crippen molar-refractivity contribution in [2.45, 2.75) is 0 Å². The number of benzene rings is 10. The van der Waals surface area contributed by atoms with Crippen LogP contribution in [0, 0.1) is 0 Å². The van der Waals surface area contributed by atoms with E-state index in [9.17, 15) is 0 Å². The zero-order valence-corrected chi connectivity index (χ0v) is 34.3. The highest BCUT2D eigenvalue weighted by atomic mass is 16.5. The van der Waals surface area contributed by atoms with Gasteiger partial charge in [0.2, 0.25) is 0 Å². The molecule has 2 heterocycles. The van der Waals surface area contributed by atoms with Crippen LogP contribution in [0.3, 0.4) is 0 Å². The molecule has 2 aliphatic heterocycles. The summed E-state index contributed by atoms with van der Waals surface area (Å²) in [6.45, 7) is 0. The van der Waals surface area contributed by atoms with Gasteiger partial charge in [-0.3, -0.25) is 0 Å². The van der Waals surface area contributed by atoms with Crippen LogP contribution in [0.2, 0.25) is 0 Å². The summed E-state index contributed by atoms with van der Waals surface area (Å²) in [5.41, 5.74) is 19.2. The maximum atomic E-state index is 6.46. The number of rotatable bonds is 6. The van der Waals surface area contributed by atoms with Crippen LogP contribution in [0.15, 0.2) is 237 Å². The Labute approximate surface area is 367 Å². The van der Waals surface area contributed by atoms with Gasteiger partial charge in [0.05, 0.1) is 0 Å². The minimum Gasteiger partial charge on any atom is -0.456 e. The zero-order valence-electron chi connectivity index (χ0n) is 34.3. The zero-order chi connectivity index (χ0) is 41.7. The molecule has 0 saturated carbocycles. The minimum absolute atomic E-state index is 0.865. The molecule has 3 heteroatoms. The van der Waals surface area contributed by atoms with E-state index in [0.29, 0.717) is 0 Å². The summed E-state index contributed by atoms with van der Waals surface area (Å²) >= 11 is 0. The molecular weight excluding hydrogens is 767 g/mol. The van der Waals surface area contributed by atoms with Gasteiger partial charge in [0.25, 0.3) is 0 Å². The average Bonchev–Trinajstić information content (AvgIpc) is 3.59. The van der Waals surface area contributed by atoms with Crippen LogP contribution in [0.1, 0.15) is 0 Å². The Kier molecular flexibility index (Phi) is 8.83. The molecule has 63 heavy (non-hydrogen) atoms. The van der Waals surface area contributed by atoms with Crippen molar-refractivity contribution in [1.29, 1.82) is 0 Å². The number of hydrogen-bond acceptors (Lipinski definition) is 3. The number of anilines is 3. The highest BCUT2D eigenvalue weighted by Gasteiger charge is 2.23. The van der Waals surface area contributed by atoms with Crippen LogP contribution in [-0.2, 0) is 0 Å². The molecule has 0 fully saturated rings. The highest BCUT2D eigenvalue weighted by molar-refractivity contribution is 5.95. The minimum atomic E-state index is 0.865. The molecule has 10 aromatic carbocycles. The molecule has 0 N–H and O–H groups in total. The number of para-hydroxylation sites is 4. The second kappa shape index (κ2) is 15.3. The first-order chi connectivity index (χ1) is 31.2. The quantitative estimate of drug-likeness (QED) is 0.167. The van der Waals surface area contributed by atoms with Crippen LogP contribution < -0.4 is 14.4 Å². The normalized spacial score (nSPS) is 11.7. The van der Waals surface area contributed by atoms with Gasteiger partial charge in [0, 0.05) is 39.3 Å². The average molecular weight is 806 g/mol. The van der Waals surface area contributed by atoms with Crippen molar-refractivity contribution >= 4 is 17.1 Å². The van der Waals surface area contributed by atoms with Crippen molar-refractivity contribution in [2.75, 3.05) is 4.90 Å². The molecule has 10 aromatic rings. The van der Waals surface area contributed by atoms with Gasteiger partial charge in [0.15, 0.2) is 0 Å². The van der Waals surface area contributed by atoms with Crippen LogP contribution in [0.4, 0.5) is 17.1 Å². The molecule has 0 aromatic heterocycles. The fourth-order valence-corrected chi connectivity index (χ4v) is 9.20. The summed E-state index contributed by atoms with van der Waals surface area (Å²) in [6, 6.07) is 84.1. The molecule has 0 radical (unpaired) electrons. The molecule has 0 saturated heterocycles. The molecule has 3 nitrogen and oxygen atoms in total. The summed E-state index contributed by atoms with van der Waals surface area (Å²) < 4.78 is 12.9. The van der Waals surface area contributed by atoms with Crippen molar-refractivity contribution < 1.29 is 9.47 Å². The third-order valence-electron chi connectivity index (χ3n) is 12.3. The molecule has 0 amide bonds. The van der Waals surface area contributed by atoms with E-state index >= 15 is 0 Å². The standard InChI is InChI=1S/C60H39NO2/c1-2-12-40(13-3-1)41-22-30-46(31-23-41)61(47-32-24-42(25-33-47)44-28-36-49-51-14-4-8-18-57(51)62-59-20-10-6-16-53(59)55(49)38-44)48-34-26-43(27-35-48)45-29-37-50-52-15-5-9-19-58(52)63-60-21-11-7-17-54(60)56(50)39-45/h1-39H. The maximum Gasteiger partial charge on any atom is 0.135 e. The van der Waals surface area contributed by atoms with Gasteiger partial charge < -0.3 is 14.4 Å². The van der Waals surface area contributed by atoms with Crippen molar-refractivity contribution in [3.63, 3.8) is 0 Å². The van der Waals surface area contributed by atoms with Gasteiger partial charge in [0.1, 0.15) is 23.0 Å². The maximum absolute atomic E-state index is 6.46. The van der Waals surface area contributed by atoms with Crippen LogP contribution in [0.5, 0.6) is 23.0 Å². The molecular formula is C60H39NO2. The first-order valence-corrected chi connectivity index (χ1v) is 21.4. The van der Waals surface area contributed by atoms with Gasteiger partial charge in [-0.15, -0.1) is 0 Å². The largest absolute Gasteiger partial charge is 0.456 e. The Morgan fingerprint density at radius 1 is 0.206 bits per heavy atom. The third kappa shape index (κ3) is 6.55. The molecule has 0 bridgehead atoms. The van der Waals surface area contributed by atoms with Crippen molar-refractivity contribution in [2.24, 2.45) is 0 Å². The Hall–Kier alpha value is -8.40. The lowest BCUT2D eigenvalue weighted by Gasteiger charge is -2.26. The van der Waals surface area contributed by atoms with E-state index in [-0.39, 0.29) is 0 Å². The van der Waals surface area contributed by atoms with Gasteiger partial charge in [-0.2, -0.15) is 0 Å². The molecule has 12 rings (SSSR count). The lowest BCUT2D eigenvalue weighted by Crippen LogP contribution is -2.09. The monoisotopic (exact) mass is 805 g/mol. The van der Waals surface area contributed by atoms with Gasteiger partial charge in [-0.25, -0.2) is 0 Å². The smallest absolute Gasteiger partial charge is 0.135 e. The van der Waals surface area contributed by atoms with Crippen molar-refractivity contribution in [3.05, 3.63) is 237 Å². The third-order valence-corrected chi connectivity index (χ3v) is 12.3. The lowest BCUT2D eigenvalue weighted by molar-refractivity contribution is 0.487. The fraction of sp³-hybridized carbons (Fsp3) is 0. The number of ether oxygens (including phenoxy) is 2. The molecule has 0 spiro atoms. The summed E-state index contributed by atoms with van der Waals surface area (Å²) in [6.07, 6.45) is 0. The summed E-state index contributed by atoms with van der Waals surface area (Å²) in [5.74, 6) is 3.47. The van der Waals surface area contributed by atoms with E-state index in [1.807, 2.05) is 36.4 Å². The molecule has 0 atom stereocenters. The molecule has 296 valence electrons. The second-order valence-electron chi connectivity index (χ2n) is 16.1. The predicted molar refractivity (Wildman–Crippen MR) is 259 cm³/mol. The Balaban J connectivity index is 0.918. The SMILES string of the molecule is c1ccc(-c2ccc(N(c3ccc(-c4ccc5c(c4)-c4ccccc4Oc4ccccc4-5)cc3)c3ccc(-c4ccc5c(c4)-c4ccccc4Oc4ccccc4-5)cc3)cc2)cc1. The second-order valence-corrected chi connectivity index (χ2v) is 16.1. The predicted octanol–water partition coefficient (Wildman–Crippen LogP) is 17.0. The molecule has 0 unspecified atom stereocenters. The number of nitrogens with zero attached hydrogens (tertiary/aromatic N) is 1. The Bertz CT molecular complexity index is 3130. The van der Waals surface area contributed by atoms with E-state index in [4.69, 9.17) is 9.47 Å². The fourth-order valence-electron chi connectivity index (χ4n) is 9.20. The molecule has 2 aliphatic rings. The number of fused-ring (bicyclic) bond motifs is 10. The van der Waals surface area contributed by atoms with Gasteiger partial charge >= 0.3 is 0 Å².